The number of pyridine rings is 1. The first kappa shape index (κ1) is 20.6. The van der Waals surface area contributed by atoms with Gasteiger partial charge in [-0.1, -0.05) is 32.1 Å². The summed E-state index contributed by atoms with van der Waals surface area (Å²) in [5.41, 5.74) is -0.741. The molecule has 0 radical (unpaired) electrons. The summed E-state index contributed by atoms with van der Waals surface area (Å²) in [7, 11) is 0. The summed E-state index contributed by atoms with van der Waals surface area (Å²) >= 11 is 0. The highest BCUT2D eigenvalue weighted by atomic mass is 16.5. The van der Waals surface area contributed by atoms with Gasteiger partial charge in [0.1, 0.15) is 5.54 Å². The van der Waals surface area contributed by atoms with E-state index in [-0.39, 0.29) is 24.8 Å². The molecule has 1 spiro atoms. The molecule has 162 valence electrons. The molecule has 0 bridgehead atoms. The van der Waals surface area contributed by atoms with Crippen LogP contribution in [0.25, 0.3) is 0 Å². The summed E-state index contributed by atoms with van der Waals surface area (Å²) < 4.78 is 5.95. The maximum absolute atomic E-state index is 12.7. The van der Waals surface area contributed by atoms with Crippen molar-refractivity contribution in [3.05, 3.63) is 18.3 Å². The topological polar surface area (TPSA) is 101 Å². The minimum Gasteiger partial charge on any atom is -0.489 e. The van der Waals surface area contributed by atoms with Crippen LogP contribution in [-0.2, 0) is 9.59 Å². The zero-order chi connectivity index (χ0) is 21.0. The Hall–Kier alpha value is -2.64. The fourth-order valence-electron chi connectivity index (χ4n) is 4.77. The van der Waals surface area contributed by atoms with E-state index < -0.39 is 11.6 Å². The molecular formula is C22H30N4O4. The summed E-state index contributed by atoms with van der Waals surface area (Å²) in [5.74, 6) is 0.973. The van der Waals surface area contributed by atoms with E-state index in [0.717, 1.165) is 12.8 Å². The number of nitrogens with zero attached hydrogens (tertiary/aromatic N) is 2. The van der Waals surface area contributed by atoms with Gasteiger partial charge in [-0.3, -0.25) is 14.5 Å². The van der Waals surface area contributed by atoms with Crippen molar-refractivity contribution in [3.8, 4) is 5.75 Å². The Balaban J connectivity index is 1.30. The van der Waals surface area contributed by atoms with E-state index in [1.54, 1.807) is 18.3 Å². The van der Waals surface area contributed by atoms with Gasteiger partial charge >= 0.3 is 6.03 Å². The van der Waals surface area contributed by atoms with Crippen molar-refractivity contribution in [1.82, 2.24) is 15.2 Å². The molecule has 1 aliphatic heterocycles. The summed E-state index contributed by atoms with van der Waals surface area (Å²) in [6.07, 6.45) is 11.0. The number of rotatable bonds is 7. The maximum atomic E-state index is 12.7. The molecule has 30 heavy (non-hydrogen) atoms. The maximum Gasteiger partial charge on any atom is 0.325 e. The Kier molecular flexibility index (Phi) is 6.20. The quantitative estimate of drug-likeness (QED) is 0.667. The number of hydrogen-bond donors (Lipinski definition) is 2. The molecule has 0 atom stereocenters. The fourth-order valence-corrected chi connectivity index (χ4v) is 4.77. The first-order chi connectivity index (χ1) is 14.6. The predicted octanol–water partition coefficient (Wildman–Crippen LogP) is 3.23. The van der Waals surface area contributed by atoms with E-state index >= 15 is 0 Å². The third kappa shape index (κ3) is 4.42. The van der Waals surface area contributed by atoms with Gasteiger partial charge in [0.2, 0.25) is 5.91 Å². The zero-order valence-electron chi connectivity index (χ0n) is 17.3. The van der Waals surface area contributed by atoms with Crippen molar-refractivity contribution in [2.45, 2.75) is 69.7 Å². The molecule has 4 amide bonds. The molecule has 8 heteroatoms. The summed E-state index contributed by atoms with van der Waals surface area (Å²) in [6, 6.07) is 3.18. The van der Waals surface area contributed by atoms with Crippen molar-refractivity contribution >= 4 is 23.7 Å². The van der Waals surface area contributed by atoms with Gasteiger partial charge in [-0.05, 0) is 43.7 Å². The number of anilines is 1. The van der Waals surface area contributed by atoms with Crippen molar-refractivity contribution < 1.29 is 19.1 Å². The van der Waals surface area contributed by atoms with Crippen LogP contribution < -0.4 is 15.4 Å². The molecule has 1 saturated heterocycles. The molecule has 0 unspecified atom stereocenters. The predicted molar refractivity (Wildman–Crippen MR) is 111 cm³/mol. The van der Waals surface area contributed by atoms with E-state index in [1.807, 2.05) is 0 Å². The Morgan fingerprint density at radius 3 is 2.73 bits per heavy atom. The van der Waals surface area contributed by atoms with Gasteiger partial charge in [-0.15, -0.1) is 0 Å². The normalized spacial score (nSPS) is 21.1. The van der Waals surface area contributed by atoms with Crippen LogP contribution in [0.1, 0.15) is 64.2 Å². The monoisotopic (exact) mass is 414 g/mol. The third-order valence-electron chi connectivity index (χ3n) is 6.49. The number of aromatic nitrogens is 1. The van der Waals surface area contributed by atoms with Crippen LogP contribution >= 0.6 is 0 Å². The van der Waals surface area contributed by atoms with Crippen LogP contribution in [0.15, 0.2) is 18.3 Å². The second-order valence-electron chi connectivity index (χ2n) is 8.64. The highest BCUT2D eigenvalue weighted by Crippen LogP contribution is 2.35. The summed E-state index contributed by atoms with van der Waals surface area (Å²) in [6.45, 7) is 0.683. The van der Waals surface area contributed by atoms with E-state index in [4.69, 9.17) is 4.74 Å². The molecule has 2 heterocycles. The minimum absolute atomic E-state index is 0.0217. The zero-order valence-corrected chi connectivity index (χ0v) is 17.3. The van der Waals surface area contributed by atoms with Crippen LogP contribution in [0.5, 0.6) is 5.75 Å². The highest BCUT2D eigenvalue weighted by Gasteiger charge is 2.52. The molecule has 2 N–H and O–H groups in total. The van der Waals surface area contributed by atoms with Gasteiger partial charge in [0.25, 0.3) is 5.91 Å². The van der Waals surface area contributed by atoms with Crippen LogP contribution in [0, 0.1) is 5.92 Å². The van der Waals surface area contributed by atoms with Crippen molar-refractivity contribution in [2.75, 3.05) is 18.5 Å². The molecule has 1 aromatic rings. The average molecular weight is 415 g/mol. The molecule has 3 fully saturated rings. The third-order valence-corrected chi connectivity index (χ3v) is 6.49. The van der Waals surface area contributed by atoms with Gasteiger partial charge in [-0.2, -0.15) is 0 Å². The molecule has 2 aliphatic carbocycles. The Labute approximate surface area is 176 Å². The highest BCUT2D eigenvalue weighted by molar-refractivity contribution is 6.07. The molecule has 8 nitrogen and oxygen atoms in total. The number of imide groups is 1. The number of amides is 4. The molecule has 1 aromatic heterocycles. The van der Waals surface area contributed by atoms with E-state index in [0.29, 0.717) is 36.9 Å². The van der Waals surface area contributed by atoms with Crippen molar-refractivity contribution in [1.29, 1.82) is 0 Å². The Morgan fingerprint density at radius 1 is 1.20 bits per heavy atom. The van der Waals surface area contributed by atoms with Gasteiger partial charge < -0.3 is 15.4 Å². The number of ether oxygens (including phenoxy) is 1. The van der Waals surface area contributed by atoms with Crippen LogP contribution in [0.2, 0.25) is 0 Å². The van der Waals surface area contributed by atoms with Gasteiger partial charge in [-0.25, -0.2) is 9.78 Å². The van der Waals surface area contributed by atoms with E-state index in [9.17, 15) is 14.4 Å². The van der Waals surface area contributed by atoms with Crippen molar-refractivity contribution in [3.63, 3.8) is 0 Å². The molecule has 2 saturated carbocycles. The molecular weight excluding hydrogens is 384 g/mol. The number of carbonyl (C=O) groups is 3. The Morgan fingerprint density at radius 2 is 1.97 bits per heavy atom. The number of carbonyl (C=O) groups excluding carboxylic acids is 3. The second-order valence-corrected chi connectivity index (χ2v) is 8.64. The largest absolute Gasteiger partial charge is 0.489 e. The molecule has 4 rings (SSSR count). The van der Waals surface area contributed by atoms with Crippen LogP contribution in [0.4, 0.5) is 10.6 Å². The standard InChI is InChI=1S/C22H30N4O4/c27-18(10-14-26-20(28)22(25-21(26)29)11-4-5-12-22)24-19-17(9-6-13-23-19)30-15-16-7-2-1-3-8-16/h6,9,13,16H,1-5,7-8,10-12,14-15H2,(H,25,29)(H,23,24,27). The fraction of sp³-hybridized carbons (Fsp3) is 0.636. The lowest BCUT2D eigenvalue weighted by Gasteiger charge is -2.22. The lowest BCUT2D eigenvalue weighted by Crippen LogP contribution is -2.44. The number of urea groups is 1. The summed E-state index contributed by atoms with van der Waals surface area (Å²) in [5, 5.41) is 5.60. The average Bonchev–Trinajstić information content (AvgIpc) is 3.31. The molecule has 3 aliphatic rings. The second kappa shape index (κ2) is 9.02. The lowest BCUT2D eigenvalue weighted by atomic mass is 9.90. The SMILES string of the molecule is O=C(CCN1C(=O)NC2(CCCC2)C1=O)Nc1ncccc1OCC1CCCCC1. The van der Waals surface area contributed by atoms with Crippen LogP contribution in [-0.4, -0.2) is 46.4 Å². The minimum atomic E-state index is -0.741. The lowest BCUT2D eigenvalue weighted by molar-refractivity contribution is -0.131. The number of nitrogens with one attached hydrogen (secondary N) is 2. The van der Waals surface area contributed by atoms with Gasteiger partial charge in [0.15, 0.2) is 11.6 Å². The molecule has 0 aromatic carbocycles. The van der Waals surface area contributed by atoms with Crippen molar-refractivity contribution in [2.24, 2.45) is 5.92 Å². The van der Waals surface area contributed by atoms with Crippen LogP contribution in [0.3, 0.4) is 0 Å². The van der Waals surface area contributed by atoms with Gasteiger partial charge in [0.05, 0.1) is 6.61 Å². The first-order valence-electron chi connectivity index (χ1n) is 11.1. The Bertz CT molecular complexity index is 800. The first-order valence-corrected chi connectivity index (χ1v) is 11.1. The van der Waals surface area contributed by atoms with Gasteiger partial charge in [0, 0.05) is 19.2 Å². The summed E-state index contributed by atoms with van der Waals surface area (Å²) in [4.78, 5) is 42.8. The van der Waals surface area contributed by atoms with E-state index in [2.05, 4.69) is 15.6 Å². The van der Waals surface area contributed by atoms with E-state index in [1.165, 1.54) is 37.0 Å². The number of hydrogen-bond acceptors (Lipinski definition) is 5. The smallest absolute Gasteiger partial charge is 0.325 e.